The van der Waals surface area contributed by atoms with Crippen molar-refractivity contribution < 1.29 is 9.53 Å². The third-order valence-electron chi connectivity index (χ3n) is 1.80. The van der Waals surface area contributed by atoms with E-state index >= 15 is 0 Å². The summed E-state index contributed by atoms with van der Waals surface area (Å²) in [6, 6.07) is 0.483. The first-order valence-electron chi connectivity index (χ1n) is 4.49. The minimum Gasteiger partial charge on any atom is -0.469 e. The number of methoxy groups -OCH3 is 1. The van der Waals surface area contributed by atoms with Crippen molar-refractivity contribution in [1.29, 1.82) is 0 Å². The zero-order valence-electron chi connectivity index (χ0n) is 8.63. The Morgan fingerprint density at radius 3 is 2.85 bits per heavy atom. The minimum absolute atomic E-state index is 0.149. The summed E-state index contributed by atoms with van der Waals surface area (Å²) in [7, 11) is 1.42. The monoisotopic (exact) mass is 205 g/mol. The molecule has 0 heterocycles. The normalized spacial score (nSPS) is 12.5. The second-order valence-corrected chi connectivity index (χ2v) is 3.95. The van der Waals surface area contributed by atoms with Crippen LogP contribution in [0.4, 0.5) is 0 Å². The number of hydrogen-bond acceptors (Lipinski definition) is 4. The van der Waals surface area contributed by atoms with Crippen LogP contribution in [0.15, 0.2) is 0 Å². The van der Waals surface area contributed by atoms with Crippen molar-refractivity contribution in [3.63, 3.8) is 0 Å². The maximum atomic E-state index is 10.7. The molecule has 0 fully saturated rings. The average molecular weight is 205 g/mol. The molecule has 0 aliphatic carbocycles. The lowest BCUT2D eigenvalue weighted by molar-refractivity contribution is -0.140. The molecule has 13 heavy (non-hydrogen) atoms. The van der Waals surface area contributed by atoms with Gasteiger partial charge in [0, 0.05) is 12.6 Å². The smallest absolute Gasteiger partial charge is 0.306 e. The van der Waals surface area contributed by atoms with Crippen molar-refractivity contribution in [2.45, 2.75) is 25.8 Å². The summed E-state index contributed by atoms with van der Waals surface area (Å²) in [6.07, 6.45) is 3.70. The van der Waals surface area contributed by atoms with Crippen molar-refractivity contribution in [1.82, 2.24) is 5.32 Å². The predicted octanol–water partition coefficient (Wildman–Crippen LogP) is 1.28. The van der Waals surface area contributed by atoms with Gasteiger partial charge in [0.25, 0.3) is 0 Å². The number of hydrogen-bond donors (Lipinski definition) is 1. The molecule has 78 valence electrons. The molecule has 0 saturated heterocycles. The molecule has 0 aromatic rings. The molecular weight excluding hydrogens is 186 g/mol. The van der Waals surface area contributed by atoms with Crippen LogP contribution in [-0.4, -0.2) is 37.7 Å². The highest BCUT2D eigenvalue weighted by Gasteiger charge is 2.02. The summed E-state index contributed by atoms with van der Waals surface area (Å²) >= 11 is 1.84. The van der Waals surface area contributed by atoms with E-state index in [2.05, 4.69) is 23.2 Å². The van der Waals surface area contributed by atoms with E-state index in [1.807, 2.05) is 11.8 Å². The van der Waals surface area contributed by atoms with Crippen molar-refractivity contribution in [3.8, 4) is 0 Å². The molecule has 0 amide bonds. The molecule has 0 bridgehead atoms. The lowest BCUT2D eigenvalue weighted by Crippen LogP contribution is -2.29. The Morgan fingerprint density at radius 2 is 2.31 bits per heavy atom. The molecule has 1 unspecified atom stereocenters. The Bertz CT molecular complexity index is 142. The molecule has 0 rings (SSSR count). The number of esters is 1. The molecule has 0 spiro atoms. The van der Waals surface area contributed by atoms with Gasteiger partial charge in [-0.05, 0) is 25.4 Å². The third-order valence-corrected chi connectivity index (χ3v) is 2.45. The topological polar surface area (TPSA) is 38.3 Å². The molecule has 0 aliphatic heterocycles. The highest BCUT2D eigenvalue weighted by Crippen LogP contribution is 1.99. The van der Waals surface area contributed by atoms with Crippen LogP contribution in [0.3, 0.4) is 0 Å². The molecular formula is C9H19NO2S. The number of rotatable bonds is 7. The average Bonchev–Trinajstić information content (AvgIpc) is 2.14. The van der Waals surface area contributed by atoms with Gasteiger partial charge in [-0.25, -0.2) is 0 Å². The summed E-state index contributed by atoms with van der Waals surface area (Å²) in [5, 5.41) is 3.27. The Balaban J connectivity index is 3.26. The van der Waals surface area contributed by atoms with Gasteiger partial charge in [-0.2, -0.15) is 11.8 Å². The van der Waals surface area contributed by atoms with Gasteiger partial charge in [0.15, 0.2) is 0 Å². The van der Waals surface area contributed by atoms with Crippen LogP contribution < -0.4 is 5.32 Å². The Morgan fingerprint density at radius 1 is 1.62 bits per heavy atom. The van der Waals surface area contributed by atoms with E-state index in [1.165, 1.54) is 7.11 Å². The number of nitrogens with one attached hydrogen (secondary N) is 1. The van der Waals surface area contributed by atoms with Crippen LogP contribution in [0.2, 0.25) is 0 Å². The first-order chi connectivity index (χ1) is 6.20. The highest BCUT2D eigenvalue weighted by atomic mass is 32.2. The maximum Gasteiger partial charge on any atom is 0.306 e. The lowest BCUT2D eigenvalue weighted by atomic mass is 10.2. The molecule has 0 aromatic carbocycles. The first kappa shape index (κ1) is 12.8. The summed E-state index contributed by atoms with van der Waals surface area (Å²) in [4.78, 5) is 10.7. The van der Waals surface area contributed by atoms with Gasteiger partial charge in [-0.15, -0.1) is 0 Å². The van der Waals surface area contributed by atoms with Gasteiger partial charge in [-0.1, -0.05) is 0 Å². The number of carbonyl (C=O) groups is 1. The number of ether oxygens (including phenoxy) is 1. The first-order valence-corrected chi connectivity index (χ1v) is 5.89. The summed E-state index contributed by atoms with van der Waals surface area (Å²) in [5.74, 6) is 1.01. The Kier molecular flexibility index (Phi) is 8.24. The van der Waals surface area contributed by atoms with E-state index in [9.17, 15) is 4.79 Å². The molecule has 1 N–H and O–H groups in total. The van der Waals surface area contributed by atoms with Crippen LogP contribution in [0.5, 0.6) is 0 Å². The van der Waals surface area contributed by atoms with E-state index in [0.29, 0.717) is 19.0 Å². The zero-order chi connectivity index (χ0) is 10.1. The van der Waals surface area contributed by atoms with E-state index < -0.39 is 0 Å². The largest absolute Gasteiger partial charge is 0.469 e. The van der Waals surface area contributed by atoms with Crippen LogP contribution in [-0.2, 0) is 9.53 Å². The standard InChI is InChI=1S/C9H19NO2S/c1-8(5-7-13-3)10-6-4-9(11)12-2/h8,10H,4-7H2,1-3H3. The molecule has 1 atom stereocenters. The molecule has 0 aliphatic rings. The molecule has 0 aromatic heterocycles. The number of carbonyl (C=O) groups excluding carboxylic acids is 1. The van der Waals surface area contributed by atoms with Gasteiger partial charge in [-0.3, -0.25) is 4.79 Å². The summed E-state index contributed by atoms with van der Waals surface area (Å²) in [6.45, 7) is 2.84. The quantitative estimate of drug-likeness (QED) is 0.635. The maximum absolute atomic E-state index is 10.7. The molecule has 3 nitrogen and oxygen atoms in total. The van der Waals surface area contributed by atoms with Crippen molar-refractivity contribution in [2.24, 2.45) is 0 Å². The van der Waals surface area contributed by atoms with E-state index in [4.69, 9.17) is 0 Å². The Hall–Kier alpha value is -0.220. The third kappa shape index (κ3) is 8.12. The van der Waals surface area contributed by atoms with Crippen molar-refractivity contribution in [2.75, 3.05) is 25.7 Å². The fraction of sp³-hybridized carbons (Fsp3) is 0.889. The molecule has 4 heteroatoms. The van der Waals surface area contributed by atoms with E-state index in [0.717, 1.165) is 12.2 Å². The number of thioether (sulfide) groups is 1. The van der Waals surface area contributed by atoms with Crippen LogP contribution in [0, 0.1) is 0 Å². The van der Waals surface area contributed by atoms with Crippen LogP contribution in [0.1, 0.15) is 19.8 Å². The van der Waals surface area contributed by atoms with Crippen LogP contribution >= 0.6 is 11.8 Å². The van der Waals surface area contributed by atoms with E-state index in [-0.39, 0.29) is 5.97 Å². The molecule has 0 radical (unpaired) electrons. The molecule has 0 saturated carbocycles. The van der Waals surface area contributed by atoms with Crippen molar-refractivity contribution >= 4 is 17.7 Å². The summed E-state index contributed by atoms with van der Waals surface area (Å²) < 4.78 is 4.53. The predicted molar refractivity (Wildman–Crippen MR) is 57.1 cm³/mol. The fourth-order valence-corrected chi connectivity index (χ4v) is 1.51. The van der Waals surface area contributed by atoms with Gasteiger partial charge in [0.05, 0.1) is 13.5 Å². The second kappa shape index (κ2) is 8.38. The summed E-state index contributed by atoms with van der Waals surface area (Å²) in [5.41, 5.74) is 0. The van der Waals surface area contributed by atoms with E-state index in [1.54, 1.807) is 0 Å². The van der Waals surface area contributed by atoms with Gasteiger partial charge in [0.2, 0.25) is 0 Å². The minimum atomic E-state index is -0.149. The van der Waals surface area contributed by atoms with Gasteiger partial charge < -0.3 is 10.1 Å². The van der Waals surface area contributed by atoms with Crippen LogP contribution in [0.25, 0.3) is 0 Å². The lowest BCUT2D eigenvalue weighted by Gasteiger charge is -2.11. The SMILES string of the molecule is COC(=O)CCNC(C)CCSC. The highest BCUT2D eigenvalue weighted by molar-refractivity contribution is 7.98. The van der Waals surface area contributed by atoms with Gasteiger partial charge in [0.1, 0.15) is 0 Å². The fourth-order valence-electron chi connectivity index (χ4n) is 0.919. The zero-order valence-corrected chi connectivity index (χ0v) is 9.45. The van der Waals surface area contributed by atoms with Gasteiger partial charge >= 0.3 is 5.97 Å². The second-order valence-electron chi connectivity index (χ2n) is 2.96. The van der Waals surface area contributed by atoms with Crippen molar-refractivity contribution in [3.05, 3.63) is 0 Å². The Labute approximate surface area is 84.6 Å².